The molecule has 1 N–H and O–H groups in total. The van der Waals surface area contributed by atoms with Crippen molar-refractivity contribution in [1.29, 1.82) is 0 Å². The predicted octanol–water partition coefficient (Wildman–Crippen LogP) is 1.08. The van der Waals surface area contributed by atoms with E-state index in [1.165, 1.54) is 19.2 Å². The monoisotopic (exact) mass is 296 g/mol. The van der Waals surface area contributed by atoms with Gasteiger partial charge in [0, 0.05) is 31.4 Å². The molecule has 0 saturated heterocycles. The predicted molar refractivity (Wildman–Crippen MR) is 73.2 cm³/mol. The number of aliphatic carboxylic acids is 1. The van der Waals surface area contributed by atoms with Crippen LogP contribution in [0.15, 0.2) is 18.2 Å². The standard InChI is InChI=1S/C13H16N2O6/c1-9-5-10(7-11(6-9)15(19)20)13(18)14(3-4-21-2)8-12(16)17/h5-7H,3-4,8H2,1-2H3,(H,16,17). The largest absolute Gasteiger partial charge is 0.480 e. The molecule has 0 aromatic heterocycles. The molecular formula is C13H16N2O6. The molecule has 1 amide bonds. The first-order valence-electron chi connectivity index (χ1n) is 6.11. The summed E-state index contributed by atoms with van der Waals surface area (Å²) in [5, 5.41) is 19.6. The van der Waals surface area contributed by atoms with E-state index in [1.807, 2.05) is 0 Å². The second-order valence-electron chi connectivity index (χ2n) is 4.43. The Balaban J connectivity index is 3.07. The Kier molecular flexibility index (Phi) is 5.79. The van der Waals surface area contributed by atoms with Gasteiger partial charge in [0.25, 0.3) is 11.6 Å². The second kappa shape index (κ2) is 7.34. The number of hydrogen-bond acceptors (Lipinski definition) is 5. The molecule has 1 rings (SSSR count). The maximum Gasteiger partial charge on any atom is 0.323 e. The number of carboxylic acid groups (broad SMARTS) is 1. The van der Waals surface area contributed by atoms with E-state index in [0.717, 1.165) is 11.0 Å². The van der Waals surface area contributed by atoms with E-state index >= 15 is 0 Å². The summed E-state index contributed by atoms with van der Waals surface area (Å²) in [6.45, 7) is 1.39. The summed E-state index contributed by atoms with van der Waals surface area (Å²) in [5.74, 6) is -1.75. The van der Waals surface area contributed by atoms with Gasteiger partial charge in [-0.25, -0.2) is 0 Å². The quantitative estimate of drug-likeness (QED) is 0.595. The highest BCUT2D eigenvalue weighted by Crippen LogP contribution is 2.18. The highest BCUT2D eigenvalue weighted by atomic mass is 16.6. The van der Waals surface area contributed by atoms with Crippen LogP contribution in [0.1, 0.15) is 15.9 Å². The lowest BCUT2D eigenvalue weighted by Gasteiger charge is -2.20. The van der Waals surface area contributed by atoms with Crippen molar-refractivity contribution in [2.24, 2.45) is 0 Å². The molecule has 0 saturated carbocycles. The normalized spacial score (nSPS) is 10.2. The fourth-order valence-electron chi connectivity index (χ4n) is 1.79. The molecule has 8 heteroatoms. The molecule has 0 atom stereocenters. The number of rotatable bonds is 7. The van der Waals surface area contributed by atoms with Gasteiger partial charge >= 0.3 is 5.97 Å². The summed E-state index contributed by atoms with van der Waals surface area (Å²) in [6.07, 6.45) is 0. The first-order chi connectivity index (χ1) is 9.85. The zero-order chi connectivity index (χ0) is 16.0. The number of nitro benzene ring substituents is 1. The lowest BCUT2D eigenvalue weighted by Crippen LogP contribution is -2.38. The SMILES string of the molecule is COCCN(CC(=O)O)C(=O)c1cc(C)cc([N+](=O)[O-])c1. The topological polar surface area (TPSA) is 110 Å². The zero-order valence-corrected chi connectivity index (χ0v) is 11.7. The average molecular weight is 296 g/mol. The summed E-state index contributed by atoms with van der Waals surface area (Å²) in [7, 11) is 1.43. The van der Waals surface area contributed by atoms with Crippen molar-refractivity contribution >= 4 is 17.6 Å². The van der Waals surface area contributed by atoms with Crippen LogP contribution in [0.5, 0.6) is 0 Å². The van der Waals surface area contributed by atoms with E-state index in [2.05, 4.69) is 0 Å². The van der Waals surface area contributed by atoms with Crippen molar-refractivity contribution in [2.45, 2.75) is 6.92 Å². The van der Waals surface area contributed by atoms with Crippen molar-refractivity contribution in [1.82, 2.24) is 4.90 Å². The molecule has 0 unspecified atom stereocenters. The van der Waals surface area contributed by atoms with E-state index in [-0.39, 0.29) is 24.4 Å². The molecule has 21 heavy (non-hydrogen) atoms. The molecule has 0 spiro atoms. The van der Waals surface area contributed by atoms with Gasteiger partial charge < -0.3 is 14.7 Å². The third-order valence-electron chi connectivity index (χ3n) is 2.70. The number of nitrogens with zero attached hydrogens (tertiary/aromatic N) is 2. The molecule has 0 fully saturated rings. The highest BCUT2D eigenvalue weighted by Gasteiger charge is 2.21. The number of aryl methyl sites for hydroxylation is 1. The zero-order valence-electron chi connectivity index (χ0n) is 11.7. The van der Waals surface area contributed by atoms with Gasteiger partial charge in [-0.15, -0.1) is 0 Å². The summed E-state index contributed by atoms with van der Waals surface area (Å²) < 4.78 is 4.83. The van der Waals surface area contributed by atoms with Crippen LogP contribution >= 0.6 is 0 Å². The van der Waals surface area contributed by atoms with Crippen LogP contribution < -0.4 is 0 Å². The third-order valence-corrected chi connectivity index (χ3v) is 2.70. The Morgan fingerprint density at radius 1 is 1.38 bits per heavy atom. The van der Waals surface area contributed by atoms with Gasteiger partial charge in [-0.1, -0.05) is 0 Å². The summed E-state index contributed by atoms with van der Waals surface area (Å²) in [5.41, 5.74) is 0.425. The van der Waals surface area contributed by atoms with Gasteiger partial charge in [0.15, 0.2) is 0 Å². The number of amides is 1. The number of methoxy groups -OCH3 is 1. The second-order valence-corrected chi connectivity index (χ2v) is 4.43. The number of ether oxygens (including phenoxy) is 1. The summed E-state index contributed by atoms with van der Waals surface area (Å²) >= 11 is 0. The highest BCUT2D eigenvalue weighted by molar-refractivity contribution is 5.96. The molecule has 8 nitrogen and oxygen atoms in total. The molecule has 0 heterocycles. The van der Waals surface area contributed by atoms with Crippen molar-refractivity contribution < 1.29 is 24.4 Å². The number of carboxylic acids is 1. The van der Waals surface area contributed by atoms with Crippen LogP contribution in [-0.2, 0) is 9.53 Å². The Bertz CT molecular complexity index is 558. The Hall–Kier alpha value is -2.48. The number of carbonyl (C=O) groups is 2. The Labute approximate surface area is 121 Å². The lowest BCUT2D eigenvalue weighted by atomic mass is 10.1. The van der Waals surface area contributed by atoms with Crippen molar-refractivity contribution in [3.63, 3.8) is 0 Å². The van der Waals surface area contributed by atoms with Gasteiger partial charge in [-0.2, -0.15) is 0 Å². The fourth-order valence-corrected chi connectivity index (χ4v) is 1.79. The maximum atomic E-state index is 12.3. The average Bonchev–Trinajstić information content (AvgIpc) is 2.41. The van der Waals surface area contributed by atoms with Crippen molar-refractivity contribution in [2.75, 3.05) is 26.8 Å². The van der Waals surface area contributed by atoms with Gasteiger partial charge in [0.1, 0.15) is 6.54 Å². The third kappa shape index (κ3) is 4.84. The number of benzene rings is 1. The Morgan fingerprint density at radius 3 is 2.57 bits per heavy atom. The van der Waals surface area contributed by atoms with Gasteiger partial charge in [0.2, 0.25) is 0 Å². The fraction of sp³-hybridized carbons (Fsp3) is 0.385. The van der Waals surface area contributed by atoms with Gasteiger partial charge in [-0.05, 0) is 18.6 Å². The van der Waals surface area contributed by atoms with Gasteiger partial charge in [-0.3, -0.25) is 19.7 Å². The summed E-state index contributed by atoms with van der Waals surface area (Å²) in [6, 6.07) is 3.96. The minimum Gasteiger partial charge on any atom is -0.480 e. The minimum absolute atomic E-state index is 0.0825. The van der Waals surface area contributed by atoms with E-state index < -0.39 is 23.3 Å². The molecule has 1 aromatic carbocycles. The van der Waals surface area contributed by atoms with E-state index in [1.54, 1.807) is 6.92 Å². The molecule has 0 bridgehead atoms. The smallest absolute Gasteiger partial charge is 0.323 e. The van der Waals surface area contributed by atoms with Crippen LogP contribution in [0.2, 0.25) is 0 Å². The molecule has 0 aliphatic carbocycles. The van der Waals surface area contributed by atoms with Crippen LogP contribution in [-0.4, -0.2) is 53.6 Å². The van der Waals surface area contributed by atoms with Gasteiger partial charge in [0.05, 0.1) is 11.5 Å². The number of non-ortho nitro benzene ring substituents is 1. The first kappa shape index (κ1) is 16.6. The minimum atomic E-state index is -1.17. The van der Waals surface area contributed by atoms with Crippen LogP contribution in [0.3, 0.4) is 0 Å². The molecule has 0 aliphatic heterocycles. The van der Waals surface area contributed by atoms with Crippen LogP contribution in [0.25, 0.3) is 0 Å². The molecule has 0 aliphatic rings. The van der Waals surface area contributed by atoms with Crippen molar-refractivity contribution in [3.8, 4) is 0 Å². The lowest BCUT2D eigenvalue weighted by molar-refractivity contribution is -0.384. The number of nitro groups is 1. The molecule has 114 valence electrons. The molecule has 1 aromatic rings. The van der Waals surface area contributed by atoms with Crippen LogP contribution in [0.4, 0.5) is 5.69 Å². The summed E-state index contributed by atoms with van der Waals surface area (Å²) in [4.78, 5) is 34.4. The Morgan fingerprint density at radius 2 is 2.05 bits per heavy atom. The van der Waals surface area contributed by atoms with Crippen molar-refractivity contribution in [3.05, 3.63) is 39.4 Å². The number of hydrogen-bond donors (Lipinski definition) is 1. The van der Waals surface area contributed by atoms with E-state index in [4.69, 9.17) is 9.84 Å². The molecular weight excluding hydrogens is 280 g/mol. The molecule has 0 radical (unpaired) electrons. The number of carbonyl (C=O) groups excluding carboxylic acids is 1. The maximum absolute atomic E-state index is 12.3. The van der Waals surface area contributed by atoms with Crippen LogP contribution in [0, 0.1) is 17.0 Å². The first-order valence-corrected chi connectivity index (χ1v) is 6.11. The van der Waals surface area contributed by atoms with E-state index in [0.29, 0.717) is 5.56 Å². The van der Waals surface area contributed by atoms with E-state index in [9.17, 15) is 19.7 Å².